The van der Waals surface area contributed by atoms with Crippen molar-refractivity contribution in [1.82, 2.24) is 0 Å². The van der Waals surface area contributed by atoms with E-state index in [2.05, 4.69) is 0 Å². The molecule has 3 nitrogen and oxygen atoms in total. The van der Waals surface area contributed by atoms with Crippen LogP contribution in [0.3, 0.4) is 0 Å². The molecule has 0 saturated heterocycles. The minimum absolute atomic E-state index is 0.466. The van der Waals surface area contributed by atoms with Gasteiger partial charge < -0.3 is 14.6 Å². The van der Waals surface area contributed by atoms with Crippen molar-refractivity contribution >= 4 is 0 Å². The number of methoxy groups -OCH3 is 1. The molecule has 0 fully saturated rings. The lowest BCUT2D eigenvalue weighted by Crippen LogP contribution is -2.03. The van der Waals surface area contributed by atoms with Crippen molar-refractivity contribution in [2.45, 2.75) is 25.9 Å². The second-order valence-corrected chi connectivity index (χ2v) is 4.85. The first-order chi connectivity index (χ1) is 10.3. The molecule has 0 heterocycles. The first kappa shape index (κ1) is 15.4. The standard InChI is InChI=1S/C18H22O3/c1-3-21-18-15(10-7-11-17(18)20-2)12-13-16(19)14-8-5-4-6-9-14/h4-11,16,19H,3,12-13H2,1-2H3. The zero-order valence-electron chi connectivity index (χ0n) is 12.6. The normalized spacial score (nSPS) is 12.0. The molecule has 1 unspecified atom stereocenters. The van der Waals surface area contributed by atoms with Crippen LogP contribution in [0.2, 0.25) is 0 Å². The third-order valence-corrected chi connectivity index (χ3v) is 3.44. The maximum atomic E-state index is 10.3. The number of aryl methyl sites for hydroxylation is 1. The number of ether oxygens (including phenoxy) is 2. The topological polar surface area (TPSA) is 38.7 Å². The van der Waals surface area contributed by atoms with Gasteiger partial charge in [-0.15, -0.1) is 0 Å². The summed E-state index contributed by atoms with van der Waals surface area (Å²) in [5.74, 6) is 1.52. The first-order valence-electron chi connectivity index (χ1n) is 7.28. The van der Waals surface area contributed by atoms with Crippen LogP contribution in [0.5, 0.6) is 11.5 Å². The van der Waals surface area contributed by atoms with Gasteiger partial charge in [0.05, 0.1) is 19.8 Å². The van der Waals surface area contributed by atoms with Crippen LogP contribution < -0.4 is 9.47 Å². The smallest absolute Gasteiger partial charge is 0.164 e. The van der Waals surface area contributed by atoms with Crippen LogP contribution in [0, 0.1) is 0 Å². The molecule has 2 rings (SSSR count). The van der Waals surface area contributed by atoms with Gasteiger partial charge in [-0.05, 0) is 37.0 Å². The maximum Gasteiger partial charge on any atom is 0.164 e. The van der Waals surface area contributed by atoms with Crippen molar-refractivity contribution < 1.29 is 14.6 Å². The van der Waals surface area contributed by atoms with Crippen molar-refractivity contribution in [2.75, 3.05) is 13.7 Å². The zero-order chi connectivity index (χ0) is 15.1. The molecule has 2 aromatic carbocycles. The lowest BCUT2D eigenvalue weighted by molar-refractivity contribution is 0.167. The molecule has 0 aliphatic heterocycles. The summed E-state index contributed by atoms with van der Waals surface area (Å²) in [6.07, 6.45) is 0.923. The number of hydrogen-bond donors (Lipinski definition) is 1. The maximum absolute atomic E-state index is 10.3. The molecule has 0 aliphatic rings. The predicted molar refractivity (Wildman–Crippen MR) is 83.9 cm³/mol. The molecular formula is C18H22O3. The van der Waals surface area contributed by atoms with Gasteiger partial charge >= 0.3 is 0 Å². The molecule has 0 bridgehead atoms. The Kier molecular flexibility index (Phi) is 5.64. The van der Waals surface area contributed by atoms with Gasteiger partial charge in [-0.1, -0.05) is 42.5 Å². The fraction of sp³-hybridized carbons (Fsp3) is 0.333. The van der Waals surface area contributed by atoms with Crippen LogP contribution in [0.1, 0.15) is 30.6 Å². The van der Waals surface area contributed by atoms with Gasteiger partial charge in [0.25, 0.3) is 0 Å². The van der Waals surface area contributed by atoms with Crippen LogP contribution in [0.4, 0.5) is 0 Å². The van der Waals surface area contributed by atoms with E-state index in [0.29, 0.717) is 13.0 Å². The van der Waals surface area contributed by atoms with E-state index >= 15 is 0 Å². The minimum Gasteiger partial charge on any atom is -0.493 e. The molecule has 0 aromatic heterocycles. The van der Waals surface area contributed by atoms with Crippen molar-refractivity contribution in [3.05, 3.63) is 59.7 Å². The molecule has 0 aliphatic carbocycles. The van der Waals surface area contributed by atoms with Gasteiger partial charge in [-0.25, -0.2) is 0 Å². The van der Waals surface area contributed by atoms with Gasteiger partial charge in [0.15, 0.2) is 11.5 Å². The van der Waals surface area contributed by atoms with E-state index in [9.17, 15) is 5.11 Å². The lowest BCUT2D eigenvalue weighted by Gasteiger charge is -2.16. The summed E-state index contributed by atoms with van der Waals surface area (Å²) >= 11 is 0. The fourth-order valence-corrected chi connectivity index (χ4v) is 2.36. The molecule has 112 valence electrons. The van der Waals surface area contributed by atoms with Crippen LogP contribution in [0.15, 0.2) is 48.5 Å². The van der Waals surface area contributed by atoms with E-state index in [0.717, 1.165) is 29.0 Å². The second-order valence-electron chi connectivity index (χ2n) is 4.85. The first-order valence-corrected chi connectivity index (χ1v) is 7.28. The molecule has 0 saturated carbocycles. The van der Waals surface area contributed by atoms with Gasteiger partial charge in [-0.3, -0.25) is 0 Å². The Morgan fingerprint density at radius 3 is 2.48 bits per heavy atom. The average Bonchev–Trinajstić information content (AvgIpc) is 2.54. The van der Waals surface area contributed by atoms with E-state index in [1.165, 1.54) is 0 Å². The molecule has 0 radical (unpaired) electrons. The summed E-state index contributed by atoms with van der Waals surface area (Å²) in [4.78, 5) is 0. The lowest BCUT2D eigenvalue weighted by atomic mass is 10.0. The molecule has 21 heavy (non-hydrogen) atoms. The molecular weight excluding hydrogens is 264 g/mol. The van der Waals surface area contributed by atoms with Gasteiger partial charge in [0.1, 0.15) is 0 Å². The minimum atomic E-state index is -0.466. The highest BCUT2D eigenvalue weighted by atomic mass is 16.5. The summed E-state index contributed by atoms with van der Waals surface area (Å²) in [5.41, 5.74) is 2.00. The third kappa shape index (κ3) is 3.99. The third-order valence-electron chi connectivity index (χ3n) is 3.44. The molecule has 1 N–H and O–H groups in total. The fourth-order valence-electron chi connectivity index (χ4n) is 2.36. The summed E-state index contributed by atoms with van der Waals surface area (Å²) in [6, 6.07) is 15.6. The molecule has 3 heteroatoms. The molecule has 2 aromatic rings. The molecule has 0 amide bonds. The number of para-hydroxylation sites is 1. The summed E-state index contributed by atoms with van der Waals surface area (Å²) in [5, 5.41) is 10.3. The summed E-state index contributed by atoms with van der Waals surface area (Å²) in [6.45, 7) is 2.55. The van der Waals surface area contributed by atoms with Crippen LogP contribution in [0.25, 0.3) is 0 Å². The highest BCUT2D eigenvalue weighted by Crippen LogP contribution is 2.33. The van der Waals surface area contributed by atoms with E-state index in [4.69, 9.17) is 9.47 Å². The Morgan fingerprint density at radius 1 is 1.05 bits per heavy atom. The molecule has 1 atom stereocenters. The van der Waals surface area contributed by atoms with E-state index in [1.54, 1.807) is 7.11 Å². The van der Waals surface area contributed by atoms with Gasteiger partial charge in [0, 0.05) is 0 Å². The van der Waals surface area contributed by atoms with Crippen molar-refractivity contribution in [2.24, 2.45) is 0 Å². The van der Waals surface area contributed by atoms with Gasteiger partial charge in [-0.2, -0.15) is 0 Å². The van der Waals surface area contributed by atoms with Crippen LogP contribution >= 0.6 is 0 Å². The number of hydrogen-bond acceptors (Lipinski definition) is 3. The quantitative estimate of drug-likeness (QED) is 0.842. The summed E-state index contributed by atoms with van der Waals surface area (Å²) < 4.78 is 11.0. The second kappa shape index (κ2) is 7.70. The Morgan fingerprint density at radius 2 is 1.81 bits per heavy atom. The van der Waals surface area contributed by atoms with Gasteiger partial charge in [0.2, 0.25) is 0 Å². The molecule has 0 spiro atoms. The number of rotatable bonds is 7. The monoisotopic (exact) mass is 286 g/mol. The number of aliphatic hydroxyl groups is 1. The van der Waals surface area contributed by atoms with E-state index in [1.807, 2.05) is 55.5 Å². The summed E-state index contributed by atoms with van der Waals surface area (Å²) in [7, 11) is 1.64. The zero-order valence-corrected chi connectivity index (χ0v) is 12.6. The number of aliphatic hydroxyl groups excluding tert-OH is 1. The van der Waals surface area contributed by atoms with Crippen LogP contribution in [-0.4, -0.2) is 18.8 Å². The predicted octanol–water partition coefficient (Wildman–Crippen LogP) is 3.76. The Balaban J connectivity index is 2.09. The Bertz CT molecular complexity index is 552. The Hall–Kier alpha value is -2.00. The average molecular weight is 286 g/mol. The van der Waals surface area contributed by atoms with E-state index < -0.39 is 6.10 Å². The van der Waals surface area contributed by atoms with Crippen molar-refractivity contribution in [3.8, 4) is 11.5 Å². The highest BCUT2D eigenvalue weighted by Gasteiger charge is 2.13. The Labute approximate surface area is 126 Å². The SMILES string of the molecule is CCOc1c(CCC(O)c2ccccc2)cccc1OC. The number of benzene rings is 2. The largest absolute Gasteiger partial charge is 0.493 e. The van der Waals surface area contributed by atoms with Crippen molar-refractivity contribution in [1.29, 1.82) is 0 Å². The van der Waals surface area contributed by atoms with Crippen LogP contribution in [-0.2, 0) is 6.42 Å². The van der Waals surface area contributed by atoms with Crippen molar-refractivity contribution in [3.63, 3.8) is 0 Å². The highest BCUT2D eigenvalue weighted by molar-refractivity contribution is 5.46. The van der Waals surface area contributed by atoms with E-state index in [-0.39, 0.29) is 0 Å².